The monoisotopic (exact) mass is 343 g/mol. The second-order valence-corrected chi connectivity index (χ2v) is 6.99. The standard InChI is InChI=1S/C13H16F3NO2S.ClH/c14-13(15,16)11-5-1-2-6-12(11)20(18,19)9-10-4-3-7-17-8-10;/h1-2,5-6,10,17H,3-4,7-9H2;1H. The van der Waals surface area contributed by atoms with Crippen LogP contribution in [-0.2, 0) is 16.0 Å². The summed E-state index contributed by atoms with van der Waals surface area (Å²) >= 11 is 0. The molecule has 0 spiro atoms. The summed E-state index contributed by atoms with van der Waals surface area (Å²) in [4.78, 5) is -0.613. The van der Waals surface area contributed by atoms with Gasteiger partial charge in [-0.05, 0) is 44.0 Å². The van der Waals surface area contributed by atoms with Gasteiger partial charge in [0.05, 0.1) is 16.2 Å². The van der Waals surface area contributed by atoms with E-state index in [4.69, 9.17) is 0 Å². The van der Waals surface area contributed by atoms with Crippen molar-refractivity contribution in [3.63, 3.8) is 0 Å². The fraction of sp³-hybridized carbons (Fsp3) is 0.538. The fourth-order valence-corrected chi connectivity index (χ4v) is 4.33. The van der Waals surface area contributed by atoms with Crippen LogP contribution in [0.4, 0.5) is 13.2 Å². The number of sulfone groups is 1. The van der Waals surface area contributed by atoms with E-state index in [1.807, 2.05) is 0 Å². The van der Waals surface area contributed by atoms with E-state index in [0.717, 1.165) is 31.5 Å². The Balaban J connectivity index is 0.00000220. The molecule has 1 saturated heterocycles. The number of hydrogen-bond donors (Lipinski definition) is 1. The molecule has 0 radical (unpaired) electrons. The summed E-state index contributed by atoms with van der Waals surface area (Å²) < 4.78 is 63.1. The highest BCUT2D eigenvalue weighted by Gasteiger charge is 2.37. The van der Waals surface area contributed by atoms with Crippen molar-refractivity contribution in [2.75, 3.05) is 18.8 Å². The summed E-state index contributed by atoms with van der Waals surface area (Å²) in [6.07, 6.45) is -3.09. The average Bonchev–Trinajstić information content (AvgIpc) is 2.38. The van der Waals surface area contributed by atoms with E-state index in [-0.39, 0.29) is 24.1 Å². The highest BCUT2D eigenvalue weighted by atomic mass is 35.5. The van der Waals surface area contributed by atoms with Crippen molar-refractivity contribution in [2.45, 2.75) is 23.9 Å². The van der Waals surface area contributed by atoms with Crippen LogP contribution in [0.5, 0.6) is 0 Å². The summed E-state index contributed by atoms with van der Waals surface area (Å²) in [5.41, 5.74) is -1.08. The number of alkyl halides is 3. The zero-order valence-corrected chi connectivity index (χ0v) is 12.8. The van der Waals surface area contributed by atoms with Crippen molar-refractivity contribution in [2.24, 2.45) is 5.92 Å². The first-order valence-corrected chi connectivity index (χ1v) is 8.05. The Morgan fingerprint density at radius 2 is 1.90 bits per heavy atom. The van der Waals surface area contributed by atoms with Crippen molar-refractivity contribution in [3.05, 3.63) is 29.8 Å². The lowest BCUT2D eigenvalue weighted by Crippen LogP contribution is -2.34. The van der Waals surface area contributed by atoms with Gasteiger partial charge >= 0.3 is 6.18 Å². The van der Waals surface area contributed by atoms with Crippen LogP contribution in [0.15, 0.2) is 29.2 Å². The van der Waals surface area contributed by atoms with Gasteiger partial charge in [-0.3, -0.25) is 0 Å². The van der Waals surface area contributed by atoms with Crippen LogP contribution in [0, 0.1) is 5.92 Å². The zero-order chi connectivity index (χ0) is 14.8. The molecule has 1 aromatic carbocycles. The molecular formula is C13H17ClF3NO2S. The van der Waals surface area contributed by atoms with Gasteiger partial charge in [-0.15, -0.1) is 12.4 Å². The van der Waals surface area contributed by atoms with Crippen LogP contribution in [0.1, 0.15) is 18.4 Å². The molecule has 8 heteroatoms. The van der Waals surface area contributed by atoms with Crippen molar-refractivity contribution >= 4 is 22.2 Å². The second-order valence-electron chi connectivity index (χ2n) is 4.99. The molecule has 0 aliphatic carbocycles. The van der Waals surface area contributed by atoms with Crippen molar-refractivity contribution in [3.8, 4) is 0 Å². The maximum Gasteiger partial charge on any atom is 0.417 e. The van der Waals surface area contributed by atoms with Gasteiger partial charge in [-0.25, -0.2) is 8.42 Å². The molecule has 21 heavy (non-hydrogen) atoms. The van der Waals surface area contributed by atoms with Gasteiger partial charge in [0.2, 0.25) is 0 Å². The predicted molar refractivity (Wildman–Crippen MR) is 76.3 cm³/mol. The van der Waals surface area contributed by atoms with Crippen LogP contribution >= 0.6 is 12.4 Å². The Morgan fingerprint density at radius 3 is 2.48 bits per heavy atom. The first-order valence-electron chi connectivity index (χ1n) is 6.40. The van der Waals surface area contributed by atoms with Gasteiger partial charge in [-0.2, -0.15) is 13.2 Å². The summed E-state index contributed by atoms with van der Waals surface area (Å²) in [5, 5.41) is 3.07. The fourth-order valence-electron chi connectivity index (χ4n) is 2.44. The van der Waals surface area contributed by atoms with Crippen LogP contribution in [-0.4, -0.2) is 27.3 Å². The summed E-state index contributed by atoms with van der Waals surface area (Å²) in [6.45, 7) is 1.36. The molecular weight excluding hydrogens is 327 g/mol. The first-order chi connectivity index (χ1) is 9.31. The molecule has 1 fully saturated rings. The van der Waals surface area contributed by atoms with Crippen LogP contribution in [0.2, 0.25) is 0 Å². The molecule has 120 valence electrons. The van der Waals surface area contributed by atoms with Crippen molar-refractivity contribution < 1.29 is 21.6 Å². The smallest absolute Gasteiger partial charge is 0.316 e. The van der Waals surface area contributed by atoms with Gasteiger partial charge in [0.15, 0.2) is 9.84 Å². The first kappa shape index (κ1) is 18.3. The Bertz CT molecular complexity index is 569. The molecule has 0 aromatic heterocycles. The minimum Gasteiger partial charge on any atom is -0.316 e. The topological polar surface area (TPSA) is 46.2 Å². The lowest BCUT2D eigenvalue weighted by atomic mass is 10.0. The van der Waals surface area contributed by atoms with E-state index in [1.54, 1.807) is 0 Å². The minimum atomic E-state index is -4.66. The van der Waals surface area contributed by atoms with Gasteiger partial charge in [0, 0.05) is 0 Å². The Morgan fingerprint density at radius 1 is 1.24 bits per heavy atom. The van der Waals surface area contributed by atoms with Crippen LogP contribution < -0.4 is 5.32 Å². The third kappa shape index (κ3) is 4.59. The molecule has 1 aliphatic heterocycles. The third-order valence-corrected chi connectivity index (χ3v) is 5.32. The molecule has 3 nitrogen and oxygen atoms in total. The number of hydrogen-bond acceptors (Lipinski definition) is 3. The average molecular weight is 344 g/mol. The predicted octanol–water partition coefficient (Wildman–Crippen LogP) is 2.90. The van der Waals surface area contributed by atoms with E-state index in [2.05, 4.69) is 5.32 Å². The quantitative estimate of drug-likeness (QED) is 0.918. The molecule has 1 N–H and O–H groups in total. The normalized spacial score (nSPS) is 19.9. The maximum absolute atomic E-state index is 12.9. The second kappa shape index (κ2) is 6.98. The van der Waals surface area contributed by atoms with Gasteiger partial charge in [0.1, 0.15) is 0 Å². The number of nitrogens with one attached hydrogen (secondary N) is 1. The molecule has 1 heterocycles. The number of rotatable bonds is 3. The molecule has 0 amide bonds. The highest BCUT2D eigenvalue weighted by molar-refractivity contribution is 7.91. The molecule has 0 saturated carbocycles. The zero-order valence-electron chi connectivity index (χ0n) is 11.2. The highest BCUT2D eigenvalue weighted by Crippen LogP contribution is 2.35. The van der Waals surface area contributed by atoms with E-state index in [0.29, 0.717) is 6.54 Å². The molecule has 1 aliphatic rings. The summed E-state index contributed by atoms with van der Waals surface area (Å²) in [7, 11) is -3.93. The molecule has 1 atom stereocenters. The Kier molecular flexibility index (Phi) is 6.07. The molecule has 1 aromatic rings. The van der Waals surface area contributed by atoms with Crippen LogP contribution in [0.25, 0.3) is 0 Å². The lowest BCUT2D eigenvalue weighted by molar-refractivity contribution is -0.139. The minimum absolute atomic E-state index is 0. The van der Waals surface area contributed by atoms with Gasteiger partial charge < -0.3 is 5.32 Å². The summed E-state index contributed by atoms with van der Waals surface area (Å²) in [5.74, 6) is -0.373. The lowest BCUT2D eigenvalue weighted by Gasteiger charge is -2.23. The number of halogens is 4. The van der Waals surface area contributed by atoms with E-state index < -0.39 is 26.5 Å². The largest absolute Gasteiger partial charge is 0.417 e. The van der Waals surface area contributed by atoms with Gasteiger partial charge in [0.25, 0.3) is 0 Å². The van der Waals surface area contributed by atoms with Crippen LogP contribution in [0.3, 0.4) is 0 Å². The number of piperidine rings is 1. The Hall–Kier alpha value is -0.790. The third-order valence-electron chi connectivity index (χ3n) is 3.38. The van der Waals surface area contributed by atoms with Crippen molar-refractivity contribution in [1.82, 2.24) is 5.32 Å². The van der Waals surface area contributed by atoms with E-state index >= 15 is 0 Å². The number of benzene rings is 1. The molecule has 0 bridgehead atoms. The maximum atomic E-state index is 12.9. The molecule has 2 rings (SSSR count). The molecule has 1 unspecified atom stereocenters. The van der Waals surface area contributed by atoms with Gasteiger partial charge in [-0.1, -0.05) is 12.1 Å². The summed E-state index contributed by atoms with van der Waals surface area (Å²) in [6, 6.07) is 4.37. The van der Waals surface area contributed by atoms with Crippen molar-refractivity contribution in [1.29, 1.82) is 0 Å². The van der Waals surface area contributed by atoms with E-state index in [1.165, 1.54) is 12.1 Å². The Labute approximate surface area is 128 Å². The van der Waals surface area contributed by atoms with E-state index in [9.17, 15) is 21.6 Å². The SMILES string of the molecule is Cl.O=S(=O)(CC1CCCNC1)c1ccccc1C(F)(F)F.